The van der Waals surface area contributed by atoms with Gasteiger partial charge in [-0.15, -0.1) is 0 Å². The van der Waals surface area contributed by atoms with Crippen molar-refractivity contribution in [3.05, 3.63) is 106 Å². The van der Waals surface area contributed by atoms with Crippen molar-refractivity contribution in [2.45, 2.75) is 57.7 Å². The Bertz CT molecular complexity index is 1680. The lowest BCUT2D eigenvalue weighted by Crippen LogP contribution is -2.64. The van der Waals surface area contributed by atoms with Crippen molar-refractivity contribution in [1.29, 1.82) is 0 Å². The molecule has 1 aromatic heterocycles. The van der Waals surface area contributed by atoms with Crippen LogP contribution in [0.25, 0.3) is 10.9 Å². The number of rotatable bonds is 9. The number of hydrogen-bond donors (Lipinski definition) is 3. The summed E-state index contributed by atoms with van der Waals surface area (Å²) >= 11 is 6.00. The van der Waals surface area contributed by atoms with Crippen LogP contribution in [0.2, 0.25) is 5.02 Å². The van der Waals surface area contributed by atoms with Crippen LogP contribution in [0.4, 0.5) is 8.78 Å². The Kier molecular flexibility index (Phi) is 8.55. The maximum Gasteiger partial charge on any atom is 0.246 e. The van der Waals surface area contributed by atoms with Crippen LogP contribution >= 0.6 is 11.6 Å². The summed E-state index contributed by atoms with van der Waals surface area (Å²) in [5, 5.41) is 7.14. The Labute approximate surface area is 253 Å². The van der Waals surface area contributed by atoms with Crippen LogP contribution in [0.5, 0.6) is 0 Å². The van der Waals surface area contributed by atoms with Crippen molar-refractivity contribution >= 4 is 40.2 Å². The van der Waals surface area contributed by atoms with Crippen molar-refractivity contribution in [2.75, 3.05) is 0 Å². The average molecular weight is 607 g/mol. The number of hydrogen-bond acceptors (Lipinski definition) is 3. The van der Waals surface area contributed by atoms with Crippen LogP contribution in [0.15, 0.2) is 66.7 Å². The minimum atomic E-state index is -1.41. The van der Waals surface area contributed by atoms with E-state index in [0.717, 1.165) is 27.7 Å². The van der Waals surface area contributed by atoms with Gasteiger partial charge in [-0.25, -0.2) is 8.78 Å². The van der Waals surface area contributed by atoms with E-state index >= 15 is 0 Å². The fourth-order valence-corrected chi connectivity index (χ4v) is 6.08. The molecular weight excluding hydrogens is 574 g/mol. The molecule has 0 bridgehead atoms. The Morgan fingerprint density at radius 3 is 2.33 bits per heavy atom. The lowest BCUT2D eigenvalue weighted by molar-refractivity contribution is -0.136. The number of carbonyl (C=O) groups is 3. The van der Waals surface area contributed by atoms with E-state index < -0.39 is 35.0 Å². The predicted octanol–water partition coefficient (Wildman–Crippen LogP) is 4.83. The molecule has 3 amide bonds. The molecule has 0 radical (unpaired) electrons. The van der Waals surface area contributed by atoms with Gasteiger partial charge in [0.25, 0.3) is 0 Å². The SMILES string of the molecule is CC(C)[C@H](NC(=O)[C@@]1(NC(=O)Cc2ccc(Cl)cc2)CCc2c(c3ccccc3n2Cc2c(F)cccc2F)C1)C(N)=O. The minimum absolute atomic E-state index is 0.0107. The molecule has 224 valence electrons. The maximum atomic E-state index is 14.7. The van der Waals surface area contributed by atoms with Crippen molar-refractivity contribution in [3.8, 4) is 0 Å². The first kappa shape index (κ1) is 30.2. The number of fused-ring (bicyclic) bond motifs is 3. The number of amides is 3. The summed E-state index contributed by atoms with van der Waals surface area (Å²) in [5.41, 5.74) is 7.25. The van der Waals surface area contributed by atoms with Crippen molar-refractivity contribution in [2.24, 2.45) is 11.7 Å². The predicted molar refractivity (Wildman–Crippen MR) is 161 cm³/mol. The second-order valence-corrected chi connectivity index (χ2v) is 11.9. The molecule has 7 nitrogen and oxygen atoms in total. The van der Waals surface area contributed by atoms with Gasteiger partial charge >= 0.3 is 0 Å². The Balaban J connectivity index is 1.55. The van der Waals surface area contributed by atoms with Gasteiger partial charge in [0.05, 0.1) is 13.0 Å². The van der Waals surface area contributed by atoms with Gasteiger partial charge in [-0.1, -0.05) is 61.8 Å². The standard InChI is InChI=1S/C33H33ClF2N4O3/c1-19(2)30(31(37)42)38-32(43)33(39-29(41)16-20-10-12-21(34)13-11-20)15-14-28-23(17-33)22-6-3-4-9-27(22)40(28)18-24-25(35)7-5-8-26(24)36/h3-13,19,30H,14-18H2,1-2H3,(H2,37,42)(H,38,43)(H,39,41)/t30-,33+/m0/s1. The third-order valence-corrected chi connectivity index (χ3v) is 8.44. The summed E-state index contributed by atoms with van der Waals surface area (Å²) in [5.74, 6) is -3.13. The lowest BCUT2D eigenvalue weighted by atomic mass is 9.78. The van der Waals surface area contributed by atoms with Gasteiger partial charge in [0.1, 0.15) is 23.2 Å². The van der Waals surface area contributed by atoms with E-state index in [-0.39, 0.29) is 43.2 Å². The number of nitrogens with zero attached hydrogens (tertiary/aromatic N) is 1. The summed E-state index contributed by atoms with van der Waals surface area (Å²) in [6.07, 6.45) is 0.643. The molecule has 1 heterocycles. The number of nitrogens with one attached hydrogen (secondary N) is 2. The highest BCUT2D eigenvalue weighted by atomic mass is 35.5. The minimum Gasteiger partial charge on any atom is -0.368 e. The summed E-state index contributed by atoms with van der Waals surface area (Å²) in [7, 11) is 0. The lowest BCUT2D eigenvalue weighted by Gasteiger charge is -2.38. The highest BCUT2D eigenvalue weighted by Gasteiger charge is 2.45. The number of primary amides is 1. The number of nitrogens with two attached hydrogens (primary N) is 1. The van der Waals surface area contributed by atoms with Crippen molar-refractivity contribution < 1.29 is 23.2 Å². The van der Waals surface area contributed by atoms with Crippen LogP contribution in [0, 0.1) is 17.6 Å². The average Bonchev–Trinajstić information content (AvgIpc) is 3.26. The quantitative estimate of drug-likeness (QED) is 0.254. The largest absolute Gasteiger partial charge is 0.368 e. The molecule has 10 heteroatoms. The van der Waals surface area contributed by atoms with Crippen LogP contribution in [-0.2, 0) is 40.2 Å². The number of para-hydroxylation sites is 1. The van der Waals surface area contributed by atoms with Crippen LogP contribution in [0.1, 0.15) is 42.7 Å². The molecule has 0 unspecified atom stereocenters. The van der Waals surface area contributed by atoms with Gasteiger partial charge in [0.15, 0.2) is 0 Å². The van der Waals surface area contributed by atoms with Crippen LogP contribution in [-0.4, -0.2) is 33.9 Å². The van der Waals surface area contributed by atoms with Gasteiger partial charge in [-0.2, -0.15) is 0 Å². The van der Waals surface area contributed by atoms with Crippen molar-refractivity contribution in [1.82, 2.24) is 15.2 Å². The van der Waals surface area contributed by atoms with Gasteiger partial charge in [0, 0.05) is 33.6 Å². The second-order valence-electron chi connectivity index (χ2n) is 11.4. The molecule has 0 aliphatic heterocycles. The highest BCUT2D eigenvalue weighted by molar-refractivity contribution is 6.30. The molecule has 0 saturated carbocycles. The third-order valence-electron chi connectivity index (χ3n) is 8.19. The van der Waals surface area contributed by atoms with E-state index in [1.54, 1.807) is 38.1 Å². The molecule has 5 rings (SSSR count). The molecule has 4 N–H and O–H groups in total. The molecular formula is C33H33ClF2N4O3. The molecule has 1 aliphatic rings. The zero-order chi connectivity index (χ0) is 30.9. The van der Waals surface area contributed by atoms with Gasteiger partial charge < -0.3 is 20.9 Å². The van der Waals surface area contributed by atoms with E-state index in [9.17, 15) is 23.2 Å². The number of carbonyl (C=O) groups excluding carboxylic acids is 3. The van der Waals surface area contributed by atoms with E-state index in [2.05, 4.69) is 10.6 Å². The van der Waals surface area contributed by atoms with Gasteiger partial charge in [-0.3, -0.25) is 14.4 Å². The first-order chi connectivity index (χ1) is 20.5. The summed E-state index contributed by atoms with van der Waals surface area (Å²) in [4.78, 5) is 39.7. The first-order valence-corrected chi connectivity index (χ1v) is 14.5. The molecule has 0 fully saturated rings. The Morgan fingerprint density at radius 2 is 1.67 bits per heavy atom. The van der Waals surface area contributed by atoms with E-state index in [1.807, 2.05) is 28.8 Å². The number of halogens is 3. The number of aromatic nitrogens is 1. The molecule has 2 atom stereocenters. The second kappa shape index (κ2) is 12.2. The van der Waals surface area contributed by atoms with E-state index in [1.165, 1.54) is 18.2 Å². The van der Waals surface area contributed by atoms with Crippen LogP contribution in [0.3, 0.4) is 0 Å². The van der Waals surface area contributed by atoms with Crippen molar-refractivity contribution in [3.63, 3.8) is 0 Å². The molecule has 1 aliphatic carbocycles. The Morgan fingerprint density at radius 1 is 1.00 bits per heavy atom. The maximum absolute atomic E-state index is 14.7. The monoisotopic (exact) mass is 606 g/mol. The molecule has 0 spiro atoms. The van der Waals surface area contributed by atoms with E-state index in [4.69, 9.17) is 17.3 Å². The zero-order valence-corrected chi connectivity index (χ0v) is 24.7. The summed E-state index contributed by atoms with van der Waals surface area (Å²) < 4.78 is 31.3. The molecule has 3 aromatic carbocycles. The first-order valence-electron chi connectivity index (χ1n) is 14.2. The molecule has 0 saturated heterocycles. The van der Waals surface area contributed by atoms with E-state index in [0.29, 0.717) is 11.4 Å². The van der Waals surface area contributed by atoms with Crippen LogP contribution < -0.4 is 16.4 Å². The smallest absolute Gasteiger partial charge is 0.246 e. The number of benzene rings is 3. The summed E-state index contributed by atoms with van der Waals surface area (Å²) in [6, 6.07) is 17.2. The Hall–Kier alpha value is -4.24. The van der Waals surface area contributed by atoms with Gasteiger partial charge in [-0.05, 0) is 60.2 Å². The highest BCUT2D eigenvalue weighted by Crippen LogP contribution is 2.37. The summed E-state index contributed by atoms with van der Waals surface area (Å²) in [6.45, 7) is 3.51. The fourth-order valence-electron chi connectivity index (χ4n) is 5.96. The third kappa shape index (κ3) is 6.13. The molecule has 4 aromatic rings. The zero-order valence-electron chi connectivity index (χ0n) is 23.9. The topological polar surface area (TPSA) is 106 Å². The molecule has 43 heavy (non-hydrogen) atoms. The normalized spacial score (nSPS) is 17.0. The fraction of sp³-hybridized carbons (Fsp3) is 0.303. The van der Waals surface area contributed by atoms with Gasteiger partial charge in [0.2, 0.25) is 17.7 Å².